The number of hydrogen-bond acceptors (Lipinski definition) is 9. The van der Waals surface area contributed by atoms with Gasteiger partial charge in [-0.2, -0.15) is 12.6 Å². The molecule has 0 aliphatic heterocycles. The van der Waals surface area contributed by atoms with Gasteiger partial charge < -0.3 is 42.6 Å². The van der Waals surface area contributed by atoms with Crippen LogP contribution in [0.2, 0.25) is 0 Å². The minimum atomic E-state index is -1.61. The van der Waals surface area contributed by atoms with Crippen molar-refractivity contribution in [1.82, 2.24) is 25.9 Å². The van der Waals surface area contributed by atoms with E-state index in [2.05, 4.69) is 38.5 Å². The van der Waals surface area contributed by atoms with Crippen LogP contribution in [0.3, 0.4) is 0 Å². The quantitative estimate of drug-likeness (QED) is 0.0841. The fourth-order valence-corrected chi connectivity index (χ4v) is 3.11. The van der Waals surface area contributed by atoms with Crippen LogP contribution in [0, 0.1) is 0 Å². The van der Waals surface area contributed by atoms with Crippen LogP contribution in [0.15, 0.2) is 12.5 Å². The molecule has 0 saturated heterocycles. The van der Waals surface area contributed by atoms with Crippen molar-refractivity contribution >= 4 is 42.3 Å². The van der Waals surface area contributed by atoms with Gasteiger partial charge in [0.05, 0.1) is 18.8 Å². The van der Waals surface area contributed by atoms with Crippen LogP contribution in [-0.2, 0) is 30.4 Å². The maximum atomic E-state index is 13.0. The number of aromatic amines is 1. The standard InChI is InChI=1S/C19H31N7O7S/c20-4-2-1-3-11(21)16(29)24-12(5-10-7-22-9-23-10)17(30)25-13(6-15(27)28)18(31)26-14(8-34)19(32)33/h7,9,11-14,34H,1-6,8,20-21H2,(H,22,23)(H,24,29)(H,25,30)(H,26,31)(H,27,28)(H,32,33). The maximum Gasteiger partial charge on any atom is 0.327 e. The van der Waals surface area contributed by atoms with Gasteiger partial charge >= 0.3 is 11.9 Å². The molecule has 0 aliphatic rings. The molecule has 3 amide bonds. The summed E-state index contributed by atoms with van der Waals surface area (Å²) in [7, 11) is 0. The Labute approximate surface area is 201 Å². The van der Waals surface area contributed by atoms with E-state index in [-0.39, 0.29) is 12.2 Å². The lowest BCUT2D eigenvalue weighted by Crippen LogP contribution is -2.58. The third-order valence-electron chi connectivity index (χ3n) is 4.73. The highest BCUT2D eigenvalue weighted by Crippen LogP contribution is 2.04. The lowest BCUT2D eigenvalue weighted by atomic mass is 10.1. The summed E-state index contributed by atoms with van der Waals surface area (Å²) >= 11 is 3.83. The van der Waals surface area contributed by atoms with E-state index in [1.807, 2.05) is 0 Å². The average molecular weight is 502 g/mol. The Morgan fingerprint density at radius 3 is 2.15 bits per heavy atom. The van der Waals surface area contributed by atoms with Gasteiger partial charge in [0.2, 0.25) is 17.7 Å². The molecule has 0 radical (unpaired) electrons. The Hall–Kier alpha value is -3.17. The van der Waals surface area contributed by atoms with E-state index in [0.717, 1.165) is 0 Å². The summed E-state index contributed by atoms with van der Waals surface area (Å²) in [6.07, 6.45) is 3.55. The highest BCUT2D eigenvalue weighted by atomic mass is 32.1. The van der Waals surface area contributed by atoms with Gasteiger partial charge in [-0.05, 0) is 19.4 Å². The van der Waals surface area contributed by atoms with E-state index in [0.29, 0.717) is 31.5 Å². The van der Waals surface area contributed by atoms with E-state index < -0.39 is 60.2 Å². The zero-order valence-corrected chi connectivity index (χ0v) is 19.3. The monoisotopic (exact) mass is 501 g/mol. The second-order valence-corrected chi connectivity index (χ2v) is 7.84. The number of nitrogens with zero attached hydrogens (tertiary/aromatic N) is 1. The molecule has 0 bridgehead atoms. The zero-order chi connectivity index (χ0) is 25.7. The number of aliphatic carboxylic acids is 2. The highest BCUT2D eigenvalue weighted by molar-refractivity contribution is 7.80. The molecule has 0 aromatic carbocycles. The Morgan fingerprint density at radius 2 is 1.62 bits per heavy atom. The van der Waals surface area contributed by atoms with Crippen molar-refractivity contribution in [1.29, 1.82) is 0 Å². The van der Waals surface area contributed by atoms with Gasteiger partial charge in [0.1, 0.15) is 18.1 Å². The largest absolute Gasteiger partial charge is 0.481 e. The number of carboxylic acids is 2. The number of H-pyrrole nitrogens is 1. The smallest absolute Gasteiger partial charge is 0.327 e. The fourth-order valence-electron chi connectivity index (χ4n) is 2.86. The lowest BCUT2D eigenvalue weighted by molar-refractivity contribution is -0.143. The SMILES string of the molecule is NCCCCC(N)C(=O)NC(Cc1cnc[nH]1)C(=O)NC(CC(=O)O)C(=O)NC(CS)C(=O)O. The zero-order valence-electron chi connectivity index (χ0n) is 18.4. The van der Waals surface area contributed by atoms with Gasteiger partial charge in [-0.1, -0.05) is 6.42 Å². The Kier molecular flexibility index (Phi) is 12.6. The van der Waals surface area contributed by atoms with Gasteiger partial charge in [-0.15, -0.1) is 0 Å². The molecular weight excluding hydrogens is 470 g/mol. The predicted octanol–water partition coefficient (Wildman–Crippen LogP) is -2.65. The van der Waals surface area contributed by atoms with Crippen LogP contribution in [-0.4, -0.2) is 86.3 Å². The number of unbranched alkanes of at least 4 members (excludes halogenated alkanes) is 1. The topological polar surface area (TPSA) is 243 Å². The minimum Gasteiger partial charge on any atom is -0.481 e. The molecule has 4 atom stereocenters. The number of nitrogens with two attached hydrogens (primary N) is 2. The molecule has 1 aromatic rings. The second kappa shape index (κ2) is 14.9. The van der Waals surface area contributed by atoms with E-state index in [4.69, 9.17) is 21.7 Å². The molecule has 1 heterocycles. The number of hydrogen-bond donors (Lipinski definition) is 9. The molecular formula is C19H31N7O7S. The number of carboxylic acid groups (broad SMARTS) is 2. The third-order valence-corrected chi connectivity index (χ3v) is 5.09. The lowest BCUT2D eigenvalue weighted by Gasteiger charge is -2.24. The number of nitrogens with one attached hydrogen (secondary N) is 4. The van der Waals surface area contributed by atoms with Gasteiger partial charge in [0, 0.05) is 24.1 Å². The second-order valence-electron chi connectivity index (χ2n) is 7.47. The van der Waals surface area contributed by atoms with E-state index in [1.54, 1.807) is 0 Å². The van der Waals surface area contributed by atoms with Crippen LogP contribution >= 0.6 is 12.6 Å². The molecule has 0 aliphatic carbocycles. The van der Waals surface area contributed by atoms with Gasteiger partial charge in [0.15, 0.2) is 0 Å². The van der Waals surface area contributed by atoms with Crippen molar-refractivity contribution in [2.45, 2.75) is 56.3 Å². The number of amides is 3. The summed E-state index contributed by atoms with van der Waals surface area (Å²) in [5, 5.41) is 25.1. The van der Waals surface area contributed by atoms with E-state index >= 15 is 0 Å². The summed E-state index contributed by atoms with van der Waals surface area (Å²) in [6.45, 7) is 0.447. The molecule has 10 N–H and O–H groups in total. The number of aromatic nitrogens is 2. The van der Waals surface area contributed by atoms with Crippen LogP contribution in [0.4, 0.5) is 0 Å². The summed E-state index contributed by atoms with van der Waals surface area (Å²) < 4.78 is 0. The molecule has 14 nitrogen and oxygen atoms in total. The highest BCUT2D eigenvalue weighted by Gasteiger charge is 2.31. The fraction of sp³-hybridized carbons (Fsp3) is 0.579. The Bertz CT molecular complexity index is 837. The average Bonchev–Trinajstić information content (AvgIpc) is 3.28. The number of carbonyl (C=O) groups is 5. The number of rotatable bonds is 16. The maximum absolute atomic E-state index is 13.0. The molecule has 4 unspecified atom stereocenters. The van der Waals surface area contributed by atoms with Crippen LogP contribution in [0.1, 0.15) is 31.4 Å². The summed E-state index contributed by atoms with van der Waals surface area (Å²) in [5.74, 6) is -5.54. The van der Waals surface area contributed by atoms with Crippen molar-refractivity contribution < 1.29 is 34.2 Å². The first kappa shape index (κ1) is 28.9. The summed E-state index contributed by atoms with van der Waals surface area (Å²) in [6, 6.07) is -5.13. The van der Waals surface area contributed by atoms with Gasteiger partial charge in [-0.25, -0.2) is 9.78 Å². The van der Waals surface area contributed by atoms with Crippen molar-refractivity contribution in [3.63, 3.8) is 0 Å². The van der Waals surface area contributed by atoms with Gasteiger partial charge in [0.25, 0.3) is 0 Å². The normalized spacial score (nSPS) is 14.3. The number of carbonyl (C=O) groups excluding carboxylic acids is 3. The predicted molar refractivity (Wildman–Crippen MR) is 123 cm³/mol. The first-order chi connectivity index (χ1) is 16.1. The summed E-state index contributed by atoms with van der Waals surface area (Å²) in [4.78, 5) is 67.0. The molecule has 34 heavy (non-hydrogen) atoms. The van der Waals surface area contributed by atoms with Crippen molar-refractivity contribution in [3.8, 4) is 0 Å². The molecule has 0 saturated carbocycles. The van der Waals surface area contributed by atoms with Crippen molar-refractivity contribution in [3.05, 3.63) is 18.2 Å². The number of imidazole rings is 1. The molecule has 190 valence electrons. The van der Waals surface area contributed by atoms with Crippen molar-refractivity contribution in [2.75, 3.05) is 12.3 Å². The third kappa shape index (κ3) is 10.2. The molecule has 1 rings (SSSR count). The van der Waals surface area contributed by atoms with E-state index in [1.165, 1.54) is 12.5 Å². The Morgan fingerprint density at radius 1 is 1.00 bits per heavy atom. The van der Waals surface area contributed by atoms with Crippen LogP contribution in [0.5, 0.6) is 0 Å². The van der Waals surface area contributed by atoms with Gasteiger partial charge in [-0.3, -0.25) is 19.2 Å². The molecule has 1 aromatic heterocycles. The van der Waals surface area contributed by atoms with Crippen LogP contribution < -0.4 is 27.4 Å². The Balaban J connectivity index is 2.98. The van der Waals surface area contributed by atoms with Crippen molar-refractivity contribution in [2.24, 2.45) is 11.5 Å². The number of thiol groups is 1. The molecule has 0 spiro atoms. The van der Waals surface area contributed by atoms with Crippen LogP contribution in [0.25, 0.3) is 0 Å². The first-order valence-electron chi connectivity index (χ1n) is 10.5. The molecule has 15 heteroatoms. The molecule has 0 fully saturated rings. The first-order valence-corrected chi connectivity index (χ1v) is 11.1. The van der Waals surface area contributed by atoms with E-state index in [9.17, 15) is 24.0 Å². The summed E-state index contributed by atoms with van der Waals surface area (Å²) in [5.41, 5.74) is 11.8. The minimum absolute atomic E-state index is 0.0527.